The normalized spacial score (nSPS) is 12.5. The molecule has 1 atom stereocenters. The average Bonchev–Trinajstić information content (AvgIpc) is 3.11. The van der Waals surface area contributed by atoms with Crippen LogP contribution in [0.1, 0.15) is 18.2 Å². The minimum Gasteiger partial charge on any atom is -0.464 e. The van der Waals surface area contributed by atoms with E-state index in [1.807, 2.05) is 18.3 Å². The van der Waals surface area contributed by atoms with Gasteiger partial charge in [0.2, 0.25) is 0 Å². The first kappa shape index (κ1) is 15.4. The van der Waals surface area contributed by atoms with Crippen LogP contribution in [0.25, 0.3) is 11.3 Å². The first-order valence-electron chi connectivity index (χ1n) is 7.80. The first-order valence-corrected chi connectivity index (χ1v) is 7.80. The lowest BCUT2D eigenvalue weighted by molar-refractivity contribution is 0.246. The Kier molecular flexibility index (Phi) is 4.83. The van der Waals surface area contributed by atoms with Crippen molar-refractivity contribution in [1.82, 2.24) is 14.9 Å². The van der Waals surface area contributed by atoms with Crippen molar-refractivity contribution in [3.8, 4) is 11.3 Å². The monoisotopic (exact) mass is 307 g/mol. The predicted octanol–water partition coefficient (Wildman–Crippen LogP) is 3.80. The summed E-state index contributed by atoms with van der Waals surface area (Å²) in [5.74, 6) is 0.904. The highest BCUT2D eigenvalue weighted by molar-refractivity contribution is 5.57. The molecule has 1 aromatic carbocycles. The molecule has 0 aliphatic carbocycles. The number of hydrogen-bond acceptors (Lipinski definition) is 4. The summed E-state index contributed by atoms with van der Waals surface area (Å²) in [6, 6.07) is 12.8. The highest BCUT2D eigenvalue weighted by Crippen LogP contribution is 2.20. The Morgan fingerprint density at radius 2 is 1.96 bits per heavy atom. The highest BCUT2D eigenvalue weighted by atomic mass is 16.3. The summed E-state index contributed by atoms with van der Waals surface area (Å²) in [6.45, 7) is 3.12. The SMILES string of the molecule is C[C@@H](Cc1cnccn1)N(C)Cc1ccc(-c2ccco2)cc1. The number of furan rings is 1. The minimum absolute atomic E-state index is 0.399. The van der Waals surface area contributed by atoms with Crippen LogP contribution < -0.4 is 0 Å². The molecule has 0 N–H and O–H groups in total. The molecule has 118 valence electrons. The average molecular weight is 307 g/mol. The lowest BCUT2D eigenvalue weighted by Gasteiger charge is -2.24. The molecule has 0 bridgehead atoms. The van der Waals surface area contributed by atoms with Crippen molar-refractivity contribution in [1.29, 1.82) is 0 Å². The molecule has 0 saturated carbocycles. The van der Waals surface area contributed by atoms with Crippen LogP contribution in [0.15, 0.2) is 65.7 Å². The van der Waals surface area contributed by atoms with E-state index in [2.05, 4.69) is 53.1 Å². The second-order valence-electron chi connectivity index (χ2n) is 5.84. The van der Waals surface area contributed by atoms with Gasteiger partial charge in [0, 0.05) is 43.2 Å². The van der Waals surface area contributed by atoms with Crippen LogP contribution in [0.4, 0.5) is 0 Å². The van der Waals surface area contributed by atoms with E-state index in [9.17, 15) is 0 Å². The van der Waals surface area contributed by atoms with E-state index < -0.39 is 0 Å². The van der Waals surface area contributed by atoms with Crippen molar-refractivity contribution < 1.29 is 4.42 Å². The van der Waals surface area contributed by atoms with Crippen LogP contribution in [0.3, 0.4) is 0 Å². The molecule has 2 heterocycles. The van der Waals surface area contributed by atoms with Gasteiger partial charge in [-0.05, 0) is 31.7 Å². The van der Waals surface area contributed by atoms with Crippen molar-refractivity contribution in [2.24, 2.45) is 0 Å². The van der Waals surface area contributed by atoms with Crippen LogP contribution >= 0.6 is 0 Å². The van der Waals surface area contributed by atoms with Gasteiger partial charge in [0.1, 0.15) is 5.76 Å². The molecule has 4 nitrogen and oxygen atoms in total. The third-order valence-corrected chi connectivity index (χ3v) is 4.07. The number of likely N-dealkylation sites (N-methyl/N-ethyl adjacent to an activating group) is 1. The standard InChI is InChI=1S/C19H21N3O/c1-15(12-18-13-20-9-10-21-18)22(2)14-16-5-7-17(8-6-16)19-4-3-11-23-19/h3-11,13,15H,12,14H2,1-2H3/t15-/m0/s1. The van der Waals surface area contributed by atoms with E-state index in [1.165, 1.54) is 5.56 Å². The topological polar surface area (TPSA) is 42.2 Å². The summed E-state index contributed by atoms with van der Waals surface area (Å²) >= 11 is 0. The van der Waals surface area contributed by atoms with Gasteiger partial charge in [-0.25, -0.2) is 0 Å². The molecule has 0 amide bonds. The van der Waals surface area contributed by atoms with E-state index in [0.717, 1.165) is 30.0 Å². The molecule has 3 rings (SSSR count). The molecule has 23 heavy (non-hydrogen) atoms. The van der Waals surface area contributed by atoms with E-state index in [0.29, 0.717) is 6.04 Å². The van der Waals surface area contributed by atoms with Crippen molar-refractivity contribution in [3.05, 3.63) is 72.5 Å². The molecule has 0 radical (unpaired) electrons. The Morgan fingerprint density at radius 3 is 2.61 bits per heavy atom. The highest BCUT2D eigenvalue weighted by Gasteiger charge is 2.11. The molecular weight excluding hydrogens is 286 g/mol. The maximum absolute atomic E-state index is 5.42. The molecule has 0 saturated heterocycles. The predicted molar refractivity (Wildman–Crippen MR) is 90.8 cm³/mol. The minimum atomic E-state index is 0.399. The molecular formula is C19H21N3O. The van der Waals surface area contributed by atoms with E-state index >= 15 is 0 Å². The molecule has 3 aromatic rings. The number of benzene rings is 1. The van der Waals surface area contributed by atoms with E-state index in [4.69, 9.17) is 4.42 Å². The van der Waals surface area contributed by atoms with Crippen molar-refractivity contribution in [2.75, 3.05) is 7.05 Å². The molecule has 4 heteroatoms. The van der Waals surface area contributed by atoms with Crippen LogP contribution in [-0.4, -0.2) is 28.0 Å². The second kappa shape index (κ2) is 7.20. The fourth-order valence-electron chi connectivity index (χ4n) is 2.55. The van der Waals surface area contributed by atoms with Crippen molar-refractivity contribution in [2.45, 2.75) is 25.9 Å². The molecule has 0 spiro atoms. The first-order chi connectivity index (χ1) is 11.2. The van der Waals surface area contributed by atoms with Crippen LogP contribution in [0.5, 0.6) is 0 Å². The smallest absolute Gasteiger partial charge is 0.133 e. The van der Waals surface area contributed by atoms with Gasteiger partial charge in [0.15, 0.2) is 0 Å². The van der Waals surface area contributed by atoms with Crippen molar-refractivity contribution >= 4 is 0 Å². The molecule has 0 unspecified atom stereocenters. The summed E-state index contributed by atoms with van der Waals surface area (Å²) in [6.07, 6.45) is 7.89. The van der Waals surface area contributed by atoms with Gasteiger partial charge in [-0.2, -0.15) is 0 Å². The summed E-state index contributed by atoms with van der Waals surface area (Å²) in [4.78, 5) is 10.8. The summed E-state index contributed by atoms with van der Waals surface area (Å²) in [5, 5.41) is 0. The number of nitrogens with zero attached hydrogens (tertiary/aromatic N) is 3. The summed E-state index contributed by atoms with van der Waals surface area (Å²) in [7, 11) is 2.14. The lowest BCUT2D eigenvalue weighted by atomic mass is 10.1. The zero-order chi connectivity index (χ0) is 16.1. The fraction of sp³-hybridized carbons (Fsp3) is 0.263. The van der Waals surface area contributed by atoms with Gasteiger partial charge in [-0.15, -0.1) is 0 Å². The van der Waals surface area contributed by atoms with E-state index in [-0.39, 0.29) is 0 Å². The lowest BCUT2D eigenvalue weighted by Crippen LogP contribution is -2.30. The Hall–Kier alpha value is -2.46. The zero-order valence-corrected chi connectivity index (χ0v) is 13.5. The Balaban J connectivity index is 1.60. The van der Waals surface area contributed by atoms with Gasteiger partial charge in [0.05, 0.1) is 12.0 Å². The summed E-state index contributed by atoms with van der Waals surface area (Å²) < 4.78 is 5.42. The molecule has 0 fully saturated rings. The van der Waals surface area contributed by atoms with Gasteiger partial charge in [0.25, 0.3) is 0 Å². The van der Waals surface area contributed by atoms with Crippen LogP contribution in [-0.2, 0) is 13.0 Å². The third-order valence-electron chi connectivity index (χ3n) is 4.07. The Morgan fingerprint density at radius 1 is 1.13 bits per heavy atom. The summed E-state index contributed by atoms with van der Waals surface area (Å²) in [5.41, 5.74) is 3.42. The van der Waals surface area contributed by atoms with Gasteiger partial charge in [-0.1, -0.05) is 24.3 Å². The molecule has 2 aromatic heterocycles. The third kappa shape index (κ3) is 4.05. The number of aromatic nitrogens is 2. The van der Waals surface area contributed by atoms with Crippen LogP contribution in [0.2, 0.25) is 0 Å². The Labute approximate surface area is 136 Å². The quantitative estimate of drug-likeness (QED) is 0.694. The second-order valence-corrected chi connectivity index (χ2v) is 5.84. The maximum Gasteiger partial charge on any atom is 0.133 e. The Bertz CT molecular complexity index is 708. The van der Waals surface area contributed by atoms with Crippen molar-refractivity contribution in [3.63, 3.8) is 0 Å². The number of hydrogen-bond donors (Lipinski definition) is 0. The van der Waals surface area contributed by atoms with Gasteiger partial charge in [-0.3, -0.25) is 14.9 Å². The number of rotatable bonds is 6. The molecule has 0 aliphatic heterocycles. The maximum atomic E-state index is 5.42. The van der Waals surface area contributed by atoms with E-state index in [1.54, 1.807) is 18.7 Å². The fourth-order valence-corrected chi connectivity index (χ4v) is 2.55. The van der Waals surface area contributed by atoms with Gasteiger partial charge < -0.3 is 4.42 Å². The molecule has 0 aliphatic rings. The van der Waals surface area contributed by atoms with Crippen LogP contribution in [0, 0.1) is 0 Å². The zero-order valence-electron chi connectivity index (χ0n) is 13.5. The van der Waals surface area contributed by atoms with Gasteiger partial charge >= 0.3 is 0 Å². The largest absolute Gasteiger partial charge is 0.464 e.